The van der Waals surface area contributed by atoms with Gasteiger partial charge < -0.3 is 9.88 Å². The molecule has 4 aromatic rings. The Kier molecular flexibility index (Phi) is 5.24. The Balaban J connectivity index is 1.84. The number of hydrogen-bond acceptors (Lipinski definition) is 2. The SMILES string of the molecule is Cn1c(NC(=O)c2ccc(C(C)(C)C)cc2)c(-c2ccccc2)c(=O)c2ccccc21. The summed E-state index contributed by atoms with van der Waals surface area (Å²) >= 11 is 0. The average Bonchev–Trinajstić information content (AvgIpc) is 2.77. The lowest BCUT2D eigenvalue weighted by atomic mass is 9.87. The third-order valence-corrected chi connectivity index (χ3v) is 5.62. The van der Waals surface area contributed by atoms with Gasteiger partial charge in [-0.2, -0.15) is 0 Å². The van der Waals surface area contributed by atoms with E-state index in [1.807, 2.05) is 90.5 Å². The number of carbonyl (C=O) groups is 1. The van der Waals surface area contributed by atoms with Gasteiger partial charge in [-0.05, 0) is 40.8 Å². The highest BCUT2D eigenvalue weighted by Crippen LogP contribution is 2.29. The van der Waals surface area contributed by atoms with Crippen LogP contribution in [0.3, 0.4) is 0 Å². The maximum Gasteiger partial charge on any atom is 0.256 e. The minimum Gasteiger partial charge on any atom is -0.330 e. The zero-order valence-corrected chi connectivity index (χ0v) is 18.3. The largest absolute Gasteiger partial charge is 0.330 e. The van der Waals surface area contributed by atoms with Crippen molar-refractivity contribution in [3.63, 3.8) is 0 Å². The van der Waals surface area contributed by atoms with E-state index < -0.39 is 0 Å². The number of aromatic nitrogens is 1. The first-order chi connectivity index (χ1) is 14.8. The molecule has 1 amide bonds. The smallest absolute Gasteiger partial charge is 0.256 e. The van der Waals surface area contributed by atoms with E-state index in [0.29, 0.717) is 22.3 Å². The summed E-state index contributed by atoms with van der Waals surface area (Å²) in [6.07, 6.45) is 0. The van der Waals surface area contributed by atoms with E-state index in [1.165, 1.54) is 0 Å². The highest BCUT2D eigenvalue weighted by Gasteiger charge is 2.20. The molecule has 0 saturated heterocycles. The number of nitrogens with zero attached hydrogens (tertiary/aromatic N) is 1. The van der Waals surface area contributed by atoms with Gasteiger partial charge >= 0.3 is 0 Å². The summed E-state index contributed by atoms with van der Waals surface area (Å²) in [5.74, 6) is 0.239. The zero-order valence-electron chi connectivity index (χ0n) is 18.3. The molecule has 0 radical (unpaired) electrons. The van der Waals surface area contributed by atoms with Crippen molar-refractivity contribution in [2.24, 2.45) is 7.05 Å². The van der Waals surface area contributed by atoms with E-state index in [1.54, 1.807) is 0 Å². The maximum atomic E-state index is 13.4. The molecular formula is C27H26N2O2. The molecule has 0 atom stereocenters. The third kappa shape index (κ3) is 3.89. The summed E-state index contributed by atoms with van der Waals surface area (Å²) in [5, 5.41) is 3.63. The molecule has 0 spiro atoms. The van der Waals surface area contributed by atoms with Crippen LogP contribution in [0.4, 0.5) is 5.82 Å². The molecule has 1 N–H and O–H groups in total. The van der Waals surface area contributed by atoms with E-state index >= 15 is 0 Å². The highest BCUT2D eigenvalue weighted by atomic mass is 16.1. The first-order valence-corrected chi connectivity index (χ1v) is 10.4. The van der Waals surface area contributed by atoms with Crippen molar-refractivity contribution in [1.29, 1.82) is 0 Å². The van der Waals surface area contributed by atoms with Crippen LogP contribution in [-0.4, -0.2) is 10.5 Å². The molecular weight excluding hydrogens is 384 g/mol. The third-order valence-electron chi connectivity index (χ3n) is 5.62. The van der Waals surface area contributed by atoms with Crippen LogP contribution in [0.2, 0.25) is 0 Å². The minimum atomic E-state index is -0.247. The number of aryl methyl sites for hydroxylation is 1. The number of fused-ring (bicyclic) bond motifs is 1. The standard InChI is InChI=1S/C27H26N2O2/c1-27(2,3)20-16-14-19(15-17-20)26(31)28-25-23(18-10-6-5-7-11-18)24(30)21-12-8-9-13-22(21)29(25)4/h5-17H,1-4H3,(H,28,31). The minimum absolute atomic E-state index is 0.0116. The van der Waals surface area contributed by atoms with Gasteiger partial charge in [0.1, 0.15) is 5.82 Å². The number of nitrogens with one attached hydrogen (secondary N) is 1. The van der Waals surface area contributed by atoms with Crippen molar-refractivity contribution in [3.05, 3.63) is 100 Å². The lowest BCUT2D eigenvalue weighted by Gasteiger charge is -2.20. The molecule has 4 nitrogen and oxygen atoms in total. The van der Waals surface area contributed by atoms with Gasteiger partial charge in [0.05, 0.1) is 11.1 Å². The molecule has 0 saturated carbocycles. The molecule has 31 heavy (non-hydrogen) atoms. The number of hydrogen-bond donors (Lipinski definition) is 1. The van der Waals surface area contributed by atoms with Crippen LogP contribution < -0.4 is 10.7 Å². The molecule has 1 aromatic heterocycles. The zero-order chi connectivity index (χ0) is 22.2. The van der Waals surface area contributed by atoms with Gasteiger partial charge in [-0.3, -0.25) is 9.59 Å². The molecule has 4 rings (SSSR count). The van der Waals surface area contributed by atoms with Crippen LogP contribution in [0.25, 0.3) is 22.0 Å². The second kappa shape index (κ2) is 7.88. The lowest BCUT2D eigenvalue weighted by molar-refractivity contribution is 0.102. The monoisotopic (exact) mass is 410 g/mol. The average molecular weight is 411 g/mol. The maximum absolute atomic E-state index is 13.4. The van der Waals surface area contributed by atoms with Crippen LogP contribution in [0, 0.1) is 0 Å². The first kappa shape index (κ1) is 20.6. The van der Waals surface area contributed by atoms with Crippen LogP contribution in [0.5, 0.6) is 0 Å². The topological polar surface area (TPSA) is 51.1 Å². The fourth-order valence-electron chi connectivity index (χ4n) is 3.81. The first-order valence-electron chi connectivity index (χ1n) is 10.4. The van der Waals surface area contributed by atoms with Crippen LogP contribution in [0.15, 0.2) is 83.7 Å². The highest BCUT2D eigenvalue weighted by molar-refractivity contribution is 6.06. The van der Waals surface area contributed by atoms with Gasteiger partial charge in [0.15, 0.2) is 5.43 Å². The summed E-state index contributed by atoms with van der Waals surface area (Å²) in [4.78, 5) is 26.5. The molecule has 0 fully saturated rings. The number of para-hydroxylation sites is 1. The number of rotatable bonds is 3. The van der Waals surface area contributed by atoms with E-state index in [9.17, 15) is 9.59 Å². The number of amides is 1. The predicted octanol–water partition coefficient (Wildman–Crippen LogP) is 5.76. The molecule has 3 aromatic carbocycles. The van der Waals surface area contributed by atoms with Crippen LogP contribution in [-0.2, 0) is 12.5 Å². The number of pyridine rings is 1. The Labute approximate surface area is 182 Å². The van der Waals surface area contributed by atoms with Crippen LogP contribution in [0.1, 0.15) is 36.7 Å². The Hall–Kier alpha value is -3.66. The number of carbonyl (C=O) groups excluding carboxylic acids is 1. The van der Waals surface area contributed by atoms with Gasteiger partial charge in [0.2, 0.25) is 0 Å². The molecule has 0 aliphatic heterocycles. The summed E-state index contributed by atoms with van der Waals surface area (Å²) in [5.41, 5.74) is 3.65. The summed E-state index contributed by atoms with van der Waals surface area (Å²) < 4.78 is 1.88. The fourth-order valence-corrected chi connectivity index (χ4v) is 3.81. The Morgan fingerprint density at radius 1 is 0.839 bits per heavy atom. The Morgan fingerprint density at radius 2 is 1.45 bits per heavy atom. The van der Waals surface area contributed by atoms with Crippen molar-refractivity contribution in [2.75, 3.05) is 5.32 Å². The van der Waals surface area contributed by atoms with Gasteiger partial charge in [-0.1, -0.05) is 75.4 Å². The van der Waals surface area contributed by atoms with Crippen molar-refractivity contribution in [1.82, 2.24) is 4.57 Å². The van der Waals surface area contributed by atoms with Crippen molar-refractivity contribution < 1.29 is 4.79 Å². The van der Waals surface area contributed by atoms with E-state index in [-0.39, 0.29) is 16.8 Å². The fraction of sp³-hybridized carbons (Fsp3) is 0.185. The van der Waals surface area contributed by atoms with Gasteiger partial charge in [-0.15, -0.1) is 0 Å². The van der Waals surface area contributed by atoms with Crippen molar-refractivity contribution in [2.45, 2.75) is 26.2 Å². The van der Waals surface area contributed by atoms with Gasteiger partial charge in [0, 0.05) is 18.0 Å². The molecule has 1 heterocycles. The van der Waals surface area contributed by atoms with Crippen molar-refractivity contribution in [3.8, 4) is 11.1 Å². The van der Waals surface area contributed by atoms with E-state index in [2.05, 4.69) is 26.1 Å². The van der Waals surface area contributed by atoms with E-state index in [4.69, 9.17) is 0 Å². The second-order valence-corrected chi connectivity index (χ2v) is 8.78. The molecule has 0 unspecified atom stereocenters. The molecule has 0 bridgehead atoms. The summed E-state index contributed by atoms with van der Waals surface area (Å²) in [6.45, 7) is 6.41. The number of benzene rings is 3. The van der Waals surface area contributed by atoms with Gasteiger partial charge in [0.25, 0.3) is 5.91 Å². The summed E-state index contributed by atoms with van der Waals surface area (Å²) in [6, 6.07) is 24.5. The quantitative estimate of drug-likeness (QED) is 0.467. The lowest BCUT2D eigenvalue weighted by Crippen LogP contribution is -2.21. The van der Waals surface area contributed by atoms with Crippen LogP contribution >= 0.6 is 0 Å². The number of anilines is 1. The second-order valence-electron chi connectivity index (χ2n) is 8.78. The molecule has 0 aliphatic carbocycles. The predicted molar refractivity (Wildman–Crippen MR) is 128 cm³/mol. The normalized spacial score (nSPS) is 11.5. The summed E-state index contributed by atoms with van der Waals surface area (Å²) in [7, 11) is 1.87. The van der Waals surface area contributed by atoms with Crippen molar-refractivity contribution >= 4 is 22.6 Å². The molecule has 4 heteroatoms. The molecule has 156 valence electrons. The van der Waals surface area contributed by atoms with Gasteiger partial charge in [-0.25, -0.2) is 0 Å². The Morgan fingerprint density at radius 3 is 2.10 bits per heavy atom. The van der Waals surface area contributed by atoms with E-state index in [0.717, 1.165) is 16.6 Å². The molecule has 0 aliphatic rings. The Bertz CT molecular complexity index is 1310.